The lowest BCUT2D eigenvalue weighted by Crippen LogP contribution is -2.30. The Kier molecular flexibility index (Phi) is 3.93. The molecular formula is C15H18FN3. The van der Waals surface area contributed by atoms with Crippen LogP contribution in [0.3, 0.4) is 0 Å². The smallest absolute Gasteiger partial charge is 0.126 e. The van der Waals surface area contributed by atoms with Crippen molar-refractivity contribution in [3.63, 3.8) is 0 Å². The van der Waals surface area contributed by atoms with Crippen LogP contribution in [0.1, 0.15) is 34.0 Å². The minimum atomic E-state index is -0.236. The Hall–Kier alpha value is -1.78. The molecule has 0 aliphatic heterocycles. The van der Waals surface area contributed by atoms with Crippen LogP contribution in [0.15, 0.2) is 30.5 Å². The molecule has 0 spiro atoms. The van der Waals surface area contributed by atoms with Gasteiger partial charge in [0.1, 0.15) is 5.82 Å². The van der Waals surface area contributed by atoms with E-state index in [1.165, 1.54) is 6.07 Å². The van der Waals surface area contributed by atoms with Crippen LogP contribution in [-0.4, -0.2) is 4.98 Å². The molecule has 100 valence electrons. The second-order valence-corrected chi connectivity index (χ2v) is 4.82. The maximum absolute atomic E-state index is 13.3. The van der Waals surface area contributed by atoms with Gasteiger partial charge in [-0.2, -0.15) is 0 Å². The van der Waals surface area contributed by atoms with Gasteiger partial charge in [-0.15, -0.1) is 0 Å². The van der Waals surface area contributed by atoms with Gasteiger partial charge in [-0.3, -0.25) is 10.8 Å². The number of rotatable bonds is 3. The Balaban J connectivity index is 2.46. The Morgan fingerprint density at radius 3 is 2.47 bits per heavy atom. The zero-order valence-electron chi connectivity index (χ0n) is 11.4. The molecule has 0 aliphatic carbocycles. The average Bonchev–Trinajstić information content (AvgIpc) is 2.37. The topological polar surface area (TPSA) is 50.9 Å². The van der Waals surface area contributed by atoms with Crippen LogP contribution >= 0.6 is 0 Å². The highest BCUT2D eigenvalue weighted by atomic mass is 19.1. The lowest BCUT2D eigenvalue weighted by molar-refractivity contribution is 0.600. The summed E-state index contributed by atoms with van der Waals surface area (Å²) < 4.78 is 13.3. The lowest BCUT2D eigenvalue weighted by Gasteiger charge is -2.19. The molecule has 1 aromatic heterocycles. The van der Waals surface area contributed by atoms with E-state index in [-0.39, 0.29) is 11.9 Å². The highest BCUT2D eigenvalue weighted by Gasteiger charge is 2.17. The summed E-state index contributed by atoms with van der Waals surface area (Å²) in [7, 11) is 0. The van der Waals surface area contributed by atoms with Gasteiger partial charge in [0.2, 0.25) is 0 Å². The Morgan fingerprint density at radius 1 is 1.16 bits per heavy atom. The van der Waals surface area contributed by atoms with E-state index in [1.54, 1.807) is 19.1 Å². The third-order valence-electron chi connectivity index (χ3n) is 3.21. The molecule has 2 rings (SSSR count). The molecule has 1 heterocycles. The number of aromatic nitrogens is 1. The summed E-state index contributed by atoms with van der Waals surface area (Å²) in [6, 6.07) is 6.80. The quantitative estimate of drug-likeness (QED) is 0.658. The van der Waals surface area contributed by atoms with Crippen molar-refractivity contribution in [2.24, 2.45) is 5.84 Å². The van der Waals surface area contributed by atoms with E-state index < -0.39 is 0 Å². The molecular weight excluding hydrogens is 241 g/mol. The van der Waals surface area contributed by atoms with Crippen LogP contribution in [0.25, 0.3) is 0 Å². The number of aryl methyl sites for hydroxylation is 3. The van der Waals surface area contributed by atoms with Crippen molar-refractivity contribution in [1.82, 2.24) is 10.4 Å². The summed E-state index contributed by atoms with van der Waals surface area (Å²) >= 11 is 0. The molecule has 1 aromatic carbocycles. The van der Waals surface area contributed by atoms with E-state index >= 15 is 0 Å². The minimum absolute atomic E-state index is 0.215. The number of hydrogen-bond acceptors (Lipinski definition) is 3. The maximum atomic E-state index is 13.3. The number of hydrogen-bond donors (Lipinski definition) is 2. The van der Waals surface area contributed by atoms with Crippen molar-refractivity contribution in [3.05, 3.63) is 64.2 Å². The summed E-state index contributed by atoms with van der Waals surface area (Å²) in [6.07, 6.45) is 1.81. The fraction of sp³-hybridized carbons (Fsp3) is 0.267. The van der Waals surface area contributed by atoms with Crippen LogP contribution in [0.4, 0.5) is 4.39 Å². The second kappa shape index (κ2) is 5.47. The summed E-state index contributed by atoms with van der Waals surface area (Å²) in [4.78, 5) is 4.44. The largest absolute Gasteiger partial charge is 0.271 e. The molecule has 0 saturated heterocycles. The molecule has 0 saturated carbocycles. The van der Waals surface area contributed by atoms with Crippen molar-refractivity contribution in [1.29, 1.82) is 0 Å². The SMILES string of the molecule is Cc1cnc(C(NN)c2ccc(F)c(C)c2)c(C)c1. The van der Waals surface area contributed by atoms with Gasteiger partial charge in [-0.05, 0) is 49.1 Å². The molecule has 0 amide bonds. The number of halogens is 1. The first-order valence-corrected chi connectivity index (χ1v) is 6.18. The molecule has 0 fully saturated rings. The van der Waals surface area contributed by atoms with Gasteiger partial charge in [0.05, 0.1) is 11.7 Å². The van der Waals surface area contributed by atoms with Gasteiger partial charge >= 0.3 is 0 Å². The molecule has 4 heteroatoms. The van der Waals surface area contributed by atoms with Gasteiger partial charge < -0.3 is 0 Å². The average molecular weight is 259 g/mol. The van der Waals surface area contributed by atoms with Gasteiger partial charge in [-0.25, -0.2) is 9.82 Å². The Labute approximate surface area is 112 Å². The van der Waals surface area contributed by atoms with Crippen LogP contribution in [0.2, 0.25) is 0 Å². The van der Waals surface area contributed by atoms with Gasteiger partial charge in [0.25, 0.3) is 0 Å². The molecule has 0 bridgehead atoms. The van der Waals surface area contributed by atoms with Crippen molar-refractivity contribution < 1.29 is 4.39 Å². The Bertz CT molecular complexity index is 596. The van der Waals surface area contributed by atoms with E-state index in [0.29, 0.717) is 5.56 Å². The van der Waals surface area contributed by atoms with E-state index in [2.05, 4.69) is 16.5 Å². The number of pyridine rings is 1. The van der Waals surface area contributed by atoms with Crippen molar-refractivity contribution in [2.75, 3.05) is 0 Å². The van der Waals surface area contributed by atoms with Crippen molar-refractivity contribution in [2.45, 2.75) is 26.8 Å². The number of nitrogens with one attached hydrogen (secondary N) is 1. The first-order chi connectivity index (χ1) is 9.02. The minimum Gasteiger partial charge on any atom is -0.271 e. The van der Waals surface area contributed by atoms with Gasteiger partial charge in [-0.1, -0.05) is 18.2 Å². The molecule has 19 heavy (non-hydrogen) atoms. The van der Waals surface area contributed by atoms with E-state index in [1.807, 2.05) is 20.0 Å². The van der Waals surface area contributed by atoms with Crippen LogP contribution in [0.5, 0.6) is 0 Å². The third-order valence-corrected chi connectivity index (χ3v) is 3.21. The normalized spacial score (nSPS) is 12.5. The third kappa shape index (κ3) is 2.80. The zero-order valence-corrected chi connectivity index (χ0v) is 11.4. The molecule has 1 atom stereocenters. The van der Waals surface area contributed by atoms with E-state index in [0.717, 1.165) is 22.4 Å². The maximum Gasteiger partial charge on any atom is 0.126 e. The fourth-order valence-electron chi connectivity index (χ4n) is 2.21. The first kappa shape index (κ1) is 13.6. The molecule has 0 radical (unpaired) electrons. The van der Waals surface area contributed by atoms with Crippen molar-refractivity contribution in [3.8, 4) is 0 Å². The van der Waals surface area contributed by atoms with E-state index in [4.69, 9.17) is 5.84 Å². The summed E-state index contributed by atoms with van der Waals surface area (Å²) in [6.45, 7) is 5.73. The molecule has 2 aromatic rings. The number of benzene rings is 1. The standard InChI is InChI=1S/C15H18FN3/c1-9-6-11(3)14(18-8-9)15(19-17)12-4-5-13(16)10(2)7-12/h4-8,15,19H,17H2,1-3H3. The highest BCUT2D eigenvalue weighted by molar-refractivity contribution is 5.35. The number of hydrazine groups is 1. The number of nitrogens with zero attached hydrogens (tertiary/aromatic N) is 1. The summed E-state index contributed by atoms with van der Waals surface area (Å²) in [5.74, 6) is 5.43. The predicted octanol–water partition coefficient (Wildman–Crippen LogP) is 2.70. The molecule has 3 N–H and O–H groups in total. The lowest BCUT2D eigenvalue weighted by atomic mass is 9.98. The Morgan fingerprint density at radius 2 is 1.89 bits per heavy atom. The predicted molar refractivity (Wildman–Crippen MR) is 74.0 cm³/mol. The van der Waals surface area contributed by atoms with Crippen LogP contribution < -0.4 is 11.3 Å². The molecule has 3 nitrogen and oxygen atoms in total. The van der Waals surface area contributed by atoms with Crippen LogP contribution in [0, 0.1) is 26.6 Å². The van der Waals surface area contributed by atoms with Gasteiger partial charge in [0.15, 0.2) is 0 Å². The zero-order chi connectivity index (χ0) is 14.0. The summed E-state index contributed by atoms with van der Waals surface area (Å²) in [5.41, 5.74) is 7.28. The first-order valence-electron chi connectivity index (χ1n) is 6.18. The molecule has 1 unspecified atom stereocenters. The highest BCUT2D eigenvalue weighted by Crippen LogP contribution is 2.24. The molecule has 0 aliphatic rings. The number of nitrogens with two attached hydrogens (primary N) is 1. The van der Waals surface area contributed by atoms with Gasteiger partial charge in [0, 0.05) is 6.20 Å². The second-order valence-electron chi connectivity index (χ2n) is 4.82. The fourth-order valence-corrected chi connectivity index (χ4v) is 2.21. The monoisotopic (exact) mass is 259 g/mol. The van der Waals surface area contributed by atoms with E-state index in [9.17, 15) is 4.39 Å². The van der Waals surface area contributed by atoms with Crippen molar-refractivity contribution >= 4 is 0 Å². The van der Waals surface area contributed by atoms with Crippen LogP contribution in [-0.2, 0) is 0 Å². The summed E-state index contributed by atoms with van der Waals surface area (Å²) in [5, 5.41) is 0.